The molecule has 0 saturated heterocycles. The van der Waals surface area contributed by atoms with Gasteiger partial charge in [0.1, 0.15) is 6.07 Å². The van der Waals surface area contributed by atoms with Crippen molar-refractivity contribution in [2.45, 2.75) is 13.0 Å². The first-order valence-electron chi connectivity index (χ1n) is 6.08. The van der Waals surface area contributed by atoms with E-state index in [1.165, 1.54) is 0 Å². The lowest BCUT2D eigenvalue weighted by molar-refractivity contribution is 0.781. The van der Waals surface area contributed by atoms with Crippen LogP contribution in [-0.2, 0) is 0 Å². The number of anilines is 2. The van der Waals surface area contributed by atoms with Crippen LogP contribution in [0.25, 0.3) is 0 Å². The topological polar surface area (TPSA) is 65.9 Å². The predicted molar refractivity (Wildman–Crippen MR) is 76.1 cm³/mol. The molecule has 19 heavy (non-hydrogen) atoms. The third-order valence-electron chi connectivity index (χ3n) is 3.01. The number of para-hydroxylation sites is 1. The molecule has 2 N–H and O–H groups in total. The Hall–Kier alpha value is -2.38. The summed E-state index contributed by atoms with van der Waals surface area (Å²) in [5, 5.41) is 9.12. The third kappa shape index (κ3) is 2.72. The molecule has 0 radical (unpaired) electrons. The molecule has 2 aromatic rings. The molecular formula is C15H16N4. The lowest BCUT2D eigenvalue weighted by atomic mass is 10.1. The number of aromatic nitrogens is 1. The van der Waals surface area contributed by atoms with Gasteiger partial charge < -0.3 is 10.6 Å². The highest BCUT2D eigenvalue weighted by Crippen LogP contribution is 2.26. The molecule has 1 aromatic heterocycles. The molecule has 4 nitrogen and oxygen atoms in total. The Morgan fingerprint density at radius 2 is 2.00 bits per heavy atom. The van der Waals surface area contributed by atoms with Gasteiger partial charge in [0.05, 0.1) is 28.8 Å². The molecule has 4 heteroatoms. The maximum Gasteiger partial charge on any atom is 0.101 e. The molecule has 0 amide bonds. The lowest BCUT2D eigenvalue weighted by Gasteiger charge is -2.20. The van der Waals surface area contributed by atoms with Gasteiger partial charge in [-0.25, -0.2) is 0 Å². The molecule has 0 saturated carbocycles. The SMILES string of the molecule is C[C@@H](N)c1ccc(N(C)c2ccccc2C#N)cn1. The fourth-order valence-corrected chi connectivity index (χ4v) is 1.87. The second kappa shape index (κ2) is 5.51. The summed E-state index contributed by atoms with van der Waals surface area (Å²) in [5.74, 6) is 0. The summed E-state index contributed by atoms with van der Waals surface area (Å²) in [4.78, 5) is 6.27. The average molecular weight is 252 g/mol. The number of nitrogens with zero attached hydrogens (tertiary/aromatic N) is 3. The maximum absolute atomic E-state index is 9.12. The highest BCUT2D eigenvalue weighted by molar-refractivity contribution is 5.68. The van der Waals surface area contributed by atoms with Crippen LogP contribution in [0.5, 0.6) is 0 Å². The summed E-state index contributed by atoms with van der Waals surface area (Å²) < 4.78 is 0. The molecule has 0 aliphatic heterocycles. The normalized spacial score (nSPS) is 11.7. The molecule has 1 aromatic carbocycles. The van der Waals surface area contributed by atoms with Crippen LogP contribution in [0.1, 0.15) is 24.2 Å². The van der Waals surface area contributed by atoms with Gasteiger partial charge in [0.25, 0.3) is 0 Å². The summed E-state index contributed by atoms with van der Waals surface area (Å²) in [6, 6.07) is 13.5. The molecule has 0 aliphatic carbocycles. The van der Waals surface area contributed by atoms with E-state index >= 15 is 0 Å². The van der Waals surface area contributed by atoms with Crippen LogP contribution < -0.4 is 10.6 Å². The minimum atomic E-state index is -0.0780. The van der Waals surface area contributed by atoms with Crippen LogP contribution in [0.2, 0.25) is 0 Å². The summed E-state index contributed by atoms with van der Waals surface area (Å²) in [7, 11) is 1.92. The van der Waals surface area contributed by atoms with E-state index in [1.807, 2.05) is 49.2 Å². The van der Waals surface area contributed by atoms with Crippen LogP contribution >= 0.6 is 0 Å². The van der Waals surface area contributed by atoms with Crippen LogP contribution in [0.15, 0.2) is 42.6 Å². The van der Waals surface area contributed by atoms with E-state index in [-0.39, 0.29) is 6.04 Å². The average Bonchev–Trinajstić information content (AvgIpc) is 2.46. The minimum absolute atomic E-state index is 0.0780. The largest absolute Gasteiger partial charge is 0.342 e. The van der Waals surface area contributed by atoms with Gasteiger partial charge in [-0.15, -0.1) is 0 Å². The second-order valence-electron chi connectivity index (χ2n) is 4.42. The van der Waals surface area contributed by atoms with Gasteiger partial charge in [0.2, 0.25) is 0 Å². The number of hydrogen-bond acceptors (Lipinski definition) is 4. The minimum Gasteiger partial charge on any atom is -0.342 e. The first kappa shape index (κ1) is 13.1. The Balaban J connectivity index is 2.34. The van der Waals surface area contributed by atoms with Crippen LogP contribution in [0.4, 0.5) is 11.4 Å². The number of rotatable bonds is 3. The van der Waals surface area contributed by atoms with Crippen molar-refractivity contribution in [3.63, 3.8) is 0 Å². The molecule has 0 bridgehead atoms. The van der Waals surface area contributed by atoms with Crippen molar-refractivity contribution < 1.29 is 0 Å². The Labute approximate surface area is 113 Å². The summed E-state index contributed by atoms with van der Waals surface area (Å²) >= 11 is 0. The highest BCUT2D eigenvalue weighted by atomic mass is 15.1. The van der Waals surface area contributed by atoms with Gasteiger partial charge in [-0.1, -0.05) is 12.1 Å². The Kier molecular flexibility index (Phi) is 3.79. The van der Waals surface area contributed by atoms with Crippen molar-refractivity contribution in [3.8, 4) is 6.07 Å². The summed E-state index contributed by atoms with van der Waals surface area (Å²) in [6.07, 6.45) is 1.77. The van der Waals surface area contributed by atoms with Crippen molar-refractivity contribution in [1.29, 1.82) is 5.26 Å². The van der Waals surface area contributed by atoms with Crippen LogP contribution in [-0.4, -0.2) is 12.0 Å². The zero-order valence-electron chi connectivity index (χ0n) is 11.0. The van der Waals surface area contributed by atoms with E-state index in [1.54, 1.807) is 12.3 Å². The van der Waals surface area contributed by atoms with Crippen molar-refractivity contribution in [3.05, 3.63) is 53.9 Å². The van der Waals surface area contributed by atoms with Gasteiger partial charge in [-0.2, -0.15) is 5.26 Å². The molecule has 1 heterocycles. The lowest BCUT2D eigenvalue weighted by Crippen LogP contribution is -2.12. The molecule has 96 valence electrons. The predicted octanol–water partition coefficient (Wildman–Crippen LogP) is 2.74. The first-order chi connectivity index (χ1) is 9.13. The fraction of sp³-hybridized carbons (Fsp3) is 0.200. The molecular weight excluding hydrogens is 236 g/mol. The monoisotopic (exact) mass is 252 g/mol. The van der Waals surface area contributed by atoms with Gasteiger partial charge in [-0.05, 0) is 31.2 Å². The Morgan fingerprint density at radius 1 is 1.26 bits per heavy atom. The third-order valence-corrected chi connectivity index (χ3v) is 3.01. The number of nitrogens with two attached hydrogens (primary N) is 1. The Morgan fingerprint density at radius 3 is 2.58 bits per heavy atom. The summed E-state index contributed by atoms with van der Waals surface area (Å²) in [5.41, 5.74) is 9.05. The van der Waals surface area contributed by atoms with E-state index in [0.717, 1.165) is 17.1 Å². The van der Waals surface area contributed by atoms with Crippen molar-refractivity contribution in [2.24, 2.45) is 5.73 Å². The zero-order valence-corrected chi connectivity index (χ0v) is 11.0. The smallest absolute Gasteiger partial charge is 0.101 e. The molecule has 1 atom stereocenters. The van der Waals surface area contributed by atoms with Gasteiger partial charge in [-0.3, -0.25) is 4.98 Å². The van der Waals surface area contributed by atoms with E-state index in [0.29, 0.717) is 5.56 Å². The van der Waals surface area contributed by atoms with Crippen LogP contribution in [0.3, 0.4) is 0 Å². The van der Waals surface area contributed by atoms with E-state index in [9.17, 15) is 0 Å². The second-order valence-corrected chi connectivity index (χ2v) is 4.42. The van der Waals surface area contributed by atoms with E-state index in [4.69, 9.17) is 11.0 Å². The zero-order chi connectivity index (χ0) is 13.8. The van der Waals surface area contributed by atoms with E-state index < -0.39 is 0 Å². The molecule has 0 aliphatic rings. The molecule has 0 unspecified atom stereocenters. The number of hydrogen-bond donors (Lipinski definition) is 1. The molecule has 2 rings (SSSR count). The van der Waals surface area contributed by atoms with Crippen molar-refractivity contribution >= 4 is 11.4 Å². The highest BCUT2D eigenvalue weighted by Gasteiger charge is 2.09. The van der Waals surface area contributed by atoms with Gasteiger partial charge in [0.15, 0.2) is 0 Å². The fourth-order valence-electron chi connectivity index (χ4n) is 1.87. The number of nitriles is 1. The quantitative estimate of drug-likeness (QED) is 0.912. The number of benzene rings is 1. The molecule has 0 spiro atoms. The van der Waals surface area contributed by atoms with Crippen molar-refractivity contribution in [2.75, 3.05) is 11.9 Å². The number of pyridine rings is 1. The Bertz CT molecular complexity index is 596. The van der Waals surface area contributed by atoms with Crippen LogP contribution in [0, 0.1) is 11.3 Å². The summed E-state index contributed by atoms with van der Waals surface area (Å²) in [6.45, 7) is 1.90. The maximum atomic E-state index is 9.12. The standard InChI is InChI=1S/C15H16N4/c1-11(17)14-8-7-13(10-18-14)19(2)15-6-4-3-5-12(15)9-16/h3-8,10-11H,17H2,1-2H3/t11-/m1/s1. The van der Waals surface area contributed by atoms with Crippen molar-refractivity contribution in [1.82, 2.24) is 4.98 Å². The van der Waals surface area contributed by atoms with Gasteiger partial charge in [0, 0.05) is 13.1 Å². The van der Waals surface area contributed by atoms with Gasteiger partial charge >= 0.3 is 0 Å². The molecule has 0 fully saturated rings. The first-order valence-corrected chi connectivity index (χ1v) is 6.08. The van der Waals surface area contributed by atoms with E-state index in [2.05, 4.69) is 11.1 Å².